The highest BCUT2D eigenvalue weighted by Crippen LogP contribution is 2.32. The van der Waals surface area contributed by atoms with Crippen LogP contribution in [0, 0.1) is 5.92 Å². The molecular formula is C13H21N3O2S. The molecule has 106 valence electrons. The molecule has 1 aromatic heterocycles. The van der Waals surface area contributed by atoms with Crippen LogP contribution in [-0.2, 0) is 10.0 Å². The average Bonchev–Trinajstić information content (AvgIpc) is 2.40. The van der Waals surface area contributed by atoms with Gasteiger partial charge in [-0.3, -0.25) is 4.98 Å². The molecule has 1 fully saturated rings. The number of pyridine rings is 1. The molecule has 2 heterocycles. The number of hydrogen-bond donors (Lipinski definition) is 1. The van der Waals surface area contributed by atoms with Gasteiger partial charge in [-0.25, -0.2) is 12.7 Å². The van der Waals surface area contributed by atoms with Gasteiger partial charge in [0.25, 0.3) is 0 Å². The van der Waals surface area contributed by atoms with Crippen LogP contribution in [0.1, 0.15) is 24.3 Å². The van der Waals surface area contributed by atoms with Crippen LogP contribution in [0.25, 0.3) is 0 Å². The molecule has 0 bridgehead atoms. The van der Waals surface area contributed by atoms with Gasteiger partial charge in [0, 0.05) is 31.4 Å². The van der Waals surface area contributed by atoms with Crippen molar-refractivity contribution in [1.29, 1.82) is 0 Å². The van der Waals surface area contributed by atoms with E-state index in [1.165, 1.54) is 6.26 Å². The lowest BCUT2D eigenvalue weighted by atomic mass is 9.81. The highest BCUT2D eigenvalue weighted by molar-refractivity contribution is 7.88. The van der Waals surface area contributed by atoms with Gasteiger partial charge in [0.15, 0.2) is 0 Å². The van der Waals surface area contributed by atoms with E-state index in [0.717, 1.165) is 18.4 Å². The first-order valence-corrected chi connectivity index (χ1v) is 8.42. The van der Waals surface area contributed by atoms with Gasteiger partial charge in [-0.05, 0) is 36.9 Å². The van der Waals surface area contributed by atoms with Gasteiger partial charge in [0.1, 0.15) is 0 Å². The van der Waals surface area contributed by atoms with E-state index in [1.54, 1.807) is 10.5 Å². The SMILES string of the molecule is CS(=O)(=O)N1CCC(C(CN)c2cccnc2)CC1. The van der Waals surface area contributed by atoms with Crippen molar-refractivity contribution in [3.05, 3.63) is 30.1 Å². The van der Waals surface area contributed by atoms with Gasteiger partial charge >= 0.3 is 0 Å². The van der Waals surface area contributed by atoms with Crippen molar-refractivity contribution >= 4 is 10.0 Å². The number of nitrogens with two attached hydrogens (primary N) is 1. The lowest BCUT2D eigenvalue weighted by Crippen LogP contribution is -2.40. The third-order valence-corrected chi connectivity index (χ3v) is 5.21. The summed E-state index contributed by atoms with van der Waals surface area (Å²) in [6, 6.07) is 3.97. The standard InChI is InChI=1S/C13H21N3O2S/c1-19(17,18)16-7-4-11(5-8-16)13(9-14)12-3-2-6-15-10-12/h2-3,6,10-11,13H,4-5,7-9,14H2,1H3. The first-order chi connectivity index (χ1) is 9.02. The number of sulfonamides is 1. The van der Waals surface area contributed by atoms with Gasteiger partial charge in [0.05, 0.1) is 6.26 Å². The lowest BCUT2D eigenvalue weighted by Gasteiger charge is -2.34. The molecule has 5 nitrogen and oxygen atoms in total. The Morgan fingerprint density at radius 2 is 2.16 bits per heavy atom. The third-order valence-electron chi connectivity index (χ3n) is 3.90. The van der Waals surface area contributed by atoms with Crippen LogP contribution in [0.15, 0.2) is 24.5 Å². The zero-order valence-corrected chi connectivity index (χ0v) is 12.0. The Morgan fingerprint density at radius 3 is 2.63 bits per heavy atom. The van der Waals surface area contributed by atoms with Crippen molar-refractivity contribution in [2.75, 3.05) is 25.9 Å². The van der Waals surface area contributed by atoms with Crippen LogP contribution in [0.2, 0.25) is 0 Å². The second kappa shape index (κ2) is 5.98. The van der Waals surface area contributed by atoms with Crippen LogP contribution >= 0.6 is 0 Å². The molecule has 0 amide bonds. The van der Waals surface area contributed by atoms with Crippen LogP contribution in [-0.4, -0.2) is 43.6 Å². The maximum atomic E-state index is 11.5. The Morgan fingerprint density at radius 1 is 1.47 bits per heavy atom. The number of aromatic nitrogens is 1. The second-order valence-electron chi connectivity index (χ2n) is 5.13. The van der Waals surface area contributed by atoms with Crippen molar-refractivity contribution in [3.8, 4) is 0 Å². The van der Waals surface area contributed by atoms with E-state index >= 15 is 0 Å². The van der Waals surface area contributed by atoms with Crippen molar-refractivity contribution in [2.24, 2.45) is 11.7 Å². The Bertz CT molecular complexity index is 496. The zero-order chi connectivity index (χ0) is 13.9. The zero-order valence-electron chi connectivity index (χ0n) is 11.2. The Kier molecular flexibility index (Phi) is 4.54. The number of hydrogen-bond acceptors (Lipinski definition) is 4. The van der Waals surface area contributed by atoms with Crippen molar-refractivity contribution < 1.29 is 8.42 Å². The number of piperidine rings is 1. The van der Waals surface area contributed by atoms with E-state index in [1.807, 2.05) is 18.3 Å². The normalized spacial score (nSPS) is 20.3. The molecule has 1 aliphatic heterocycles. The van der Waals surface area contributed by atoms with E-state index in [0.29, 0.717) is 25.6 Å². The fourth-order valence-corrected chi connectivity index (χ4v) is 3.68. The molecule has 0 spiro atoms. The molecule has 1 aliphatic rings. The van der Waals surface area contributed by atoms with E-state index < -0.39 is 10.0 Å². The smallest absolute Gasteiger partial charge is 0.211 e. The minimum absolute atomic E-state index is 0.274. The molecule has 2 N–H and O–H groups in total. The van der Waals surface area contributed by atoms with Gasteiger partial charge in [-0.15, -0.1) is 0 Å². The van der Waals surface area contributed by atoms with Crippen LogP contribution in [0.3, 0.4) is 0 Å². The summed E-state index contributed by atoms with van der Waals surface area (Å²) in [5.74, 6) is 0.711. The summed E-state index contributed by atoms with van der Waals surface area (Å²) in [5, 5.41) is 0. The van der Waals surface area contributed by atoms with Crippen molar-refractivity contribution in [2.45, 2.75) is 18.8 Å². The predicted molar refractivity (Wildman–Crippen MR) is 75.2 cm³/mol. The van der Waals surface area contributed by atoms with E-state index in [4.69, 9.17) is 5.73 Å². The molecule has 1 saturated heterocycles. The van der Waals surface area contributed by atoms with E-state index in [-0.39, 0.29) is 5.92 Å². The molecule has 1 unspecified atom stereocenters. The topological polar surface area (TPSA) is 76.3 Å². The van der Waals surface area contributed by atoms with Crippen LogP contribution in [0.5, 0.6) is 0 Å². The van der Waals surface area contributed by atoms with Crippen molar-refractivity contribution in [3.63, 3.8) is 0 Å². The van der Waals surface area contributed by atoms with Crippen LogP contribution < -0.4 is 5.73 Å². The molecule has 0 aliphatic carbocycles. The Hall–Kier alpha value is -0.980. The third kappa shape index (κ3) is 3.52. The van der Waals surface area contributed by atoms with Gasteiger partial charge < -0.3 is 5.73 Å². The molecule has 19 heavy (non-hydrogen) atoms. The number of nitrogens with zero attached hydrogens (tertiary/aromatic N) is 2. The number of rotatable bonds is 4. The summed E-state index contributed by atoms with van der Waals surface area (Å²) in [6.45, 7) is 1.77. The molecule has 0 radical (unpaired) electrons. The summed E-state index contributed by atoms with van der Waals surface area (Å²) in [7, 11) is -3.06. The molecule has 2 rings (SSSR count). The maximum Gasteiger partial charge on any atom is 0.211 e. The Balaban J connectivity index is 2.04. The first kappa shape index (κ1) is 14.4. The minimum atomic E-state index is -3.06. The maximum absolute atomic E-state index is 11.5. The lowest BCUT2D eigenvalue weighted by molar-refractivity contribution is 0.246. The summed E-state index contributed by atoms with van der Waals surface area (Å²) in [6.07, 6.45) is 6.62. The van der Waals surface area contributed by atoms with E-state index in [9.17, 15) is 8.42 Å². The largest absolute Gasteiger partial charge is 0.330 e. The average molecular weight is 283 g/mol. The van der Waals surface area contributed by atoms with E-state index in [2.05, 4.69) is 4.98 Å². The quantitative estimate of drug-likeness (QED) is 0.886. The summed E-state index contributed by atoms with van der Waals surface area (Å²) in [4.78, 5) is 4.14. The minimum Gasteiger partial charge on any atom is -0.330 e. The molecule has 0 aromatic carbocycles. The fourth-order valence-electron chi connectivity index (χ4n) is 2.81. The monoisotopic (exact) mass is 283 g/mol. The highest BCUT2D eigenvalue weighted by atomic mass is 32.2. The van der Waals surface area contributed by atoms with Crippen LogP contribution in [0.4, 0.5) is 0 Å². The molecule has 0 saturated carbocycles. The summed E-state index contributed by atoms with van der Waals surface area (Å²) in [5.41, 5.74) is 7.05. The van der Waals surface area contributed by atoms with Gasteiger partial charge in [-0.1, -0.05) is 6.07 Å². The second-order valence-corrected chi connectivity index (χ2v) is 7.11. The first-order valence-electron chi connectivity index (χ1n) is 6.57. The molecule has 1 atom stereocenters. The predicted octanol–water partition coefficient (Wildman–Crippen LogP) is 0.796. The fraction of sp³-hybridized carbons (Fsp3) is 0.615. The molecule has 6 heteroatoms. The summed E-state index contributed by atoms with van der Waals surface area (Å²) >= 11 is 0. The molecule has 1 aromatic rings. The Labute approximate surface area is 114 Å². The van der Waals surface area contributed by atoms with Gasteiger partial charge in [-0.2, -0.15) is 0 Å². The van der Waals surface area contributed by atoms with Crippen molar-refractivity contribution in [1.82, 2.24) is 9.29 Å². The highest BCUT2D eigenvalue weighted by Gasteiger charge is 2.29. The van der Waals surface area contributed by atoms with Gasteiger partial charge in [0.2, 0.25) is 10.0 Å². The molecular weight excluding hydrogens is 262 g/mol. The summed E-state index contributed by atoms with van der Waals surface area (Å²) < 4.78 is 24.5.